The van der Waals surface area contributed by atoms with Crippen molar-refractivity contribution in [3.05, 3.63) is 22.4 Å². The van der Waals surface area contributed by atoms with Gasteiger partial charge in [-0.3, -0.25) is 0 Å². The molecule has 0 aromatic carbocycles. The minimum Gasteiger partial charge on any atom is -0.378 e. The molecule has 0 radical (unpaired) electrons. The first-order valence-corrected chi connectivity index (χ1v) is 8.34. The average Bonchev–Trinajstić information content (AvgIpc) is 3.10. The van der Waals surface area contributed by atoms with E-state index in [0.29, 0.717) is 12.0 Å². The number of amides is 2. The van der Waals surface area contributed by atoms with Gasteiger partial charge in [-0.05, 0) is 44.1 Å². The van der Waals surface area contributed by atoms with Gasteiger partial charge in [0, 0.05) is 23.4 Å². The van der Waals surface area contributed by atoms with Crippen LogP contribution >= 0.6 is 11.3 Å². The fourth-order valence-corrected chi connectivity index (χ4v) is 4.10. The second-order valence-corrected chi connectivity index (χ2v) is 6.73. The molecule has 4 atom stereocenters. The molecule has 110 valence electrons. The van der Waals surface area contributed by atoms with Gasteiger partial charge >= 0.3 is 6.03 Å². The van der Waals surface area contributed by atoms with Gasteiger partial charge in [-0.25, -0.2) is 4.79 Å². The van der Waals surface area contributed by atoms with Gasteiger partial charge in [0.2, 0.25) is 0 Å². The van der Waals surface area contributed by atoms with Crippen LogP contribution in [0.1, 0.15) is 43.5 Å². The van der Waals surface area contributed by atoms with Crippen molar-refractivity contribution >= 4 is 17.4 Å². The predicted octanol–water partition coefficient (Wildman–Crippen LogP) is 3.07. The molecular formula is C15H22N2O2S. The van der Waals surface area contributed by atoms with Crippen molar-refractivity contribution in [2.24, 2.45) is 5.92 Å². The first-order chi connectivity index (χ1) is 9.74. The van der Waals surface area contributed by atoms with Crippen molar-refractivity contribution in [2.75, 3.05) is 6.61 Å². The van der Waals surface area contributed by atoms with Crippen LogP contribution in [0.2, 0.25) is 0 Å². The molecule has 2 N–H and O–H groups in total. The molecule has 2 heterocycles. The van der Waals surface area contributed by atoms with Gasteiger partial charge in [-0.2, -0.15) is 0 Å². The second kappa shape index (κ2) is 6.14. The van der Waals surface area contributed by atoms with Crippen molar-refractivity contribution < 1.29 is 9.53 Å². The highest BCUT2D eigenvalue weighted by Crippen LogP contribution is 2.34. The molecule has 1 aliphatic carbocycles. The maximum absolute atomic E-state index is 12.1. The van der Waals surface area contributed by atoms with Crippen molar-refractivity contribution in [1.82, 2.24) is 10.6 Å². The zero-order valence-corrected chi connectivity index (χ0v) is 12.6. The van der Waals surface area contributed by atoms with Crippen molar-refractivity contribution in [2.45, 2.75) is 50.8 Å². The van der Waals surface area contributed by atoms with Gasteiger partial charge in [0.25, 0.3) is 0 Å². The van der Waals surface area contributed by atoms with E-state index < -0.39 is 0 Å². The van der Waals surface area contributed by atoms with E-state index >= 15 is 0 Å². The van der Waals surface area contributed by atoms with Crippen LogP contribution < -0.4 is 10.6 Å². The lowest BCUT2D eigenvalue weighted by atomic mass is 9.82. The maximum atomic E-state index is 12.1. The first kappa shape index (κ1) is 13.9. The summed E-state index contributed by atoms with van der Waals surface area (Å²) in [6, 6.07) is 4.35. The smallest absolute Gasteiger partial charge is 0.315 e. The Bertz CT molecular complexity index is 449. The summed E-state index contributed by atoms with van der Waals surface area (Å²) in [5.74, 6) is 0.506. The van der Waals surface area contributed by atoms with E-state index in [0.717, 1.165) is 32.3 Å². The first-order valence-electron chi connectivity index (χ1n) is 7.46. The number of thiophene rings is 1. The molecule has 2 fully saturated rings. The summed E-state index contributed by atoms with van der Waals surface area (Å²) >= 11 is 1.67. The maximum Gasteiger partial charge on any atom is 0.315 e. The molecule has 5 heteroatoms. The zero-order chi connectivity index (χ0) is 13.9. The Labute approximate surface area is 123 Å². The number of nitrogens with one attached hydrogen (secondary N) is 2. The van der Waals surface area contributed by atoms with Gasteiger partial charge < -0.3 is 15.4 Å². The number of fused-ring (bicyclic) bond motifs is 1. The summed E-state index contributed by atoms with van der Waals surface area (Å²) in [5, 5.41) is 8.22. The number of ether oxygens (including phenoxy) is 1. The van der Waals surface area contributed by atoms with Crippen LogP contribution in [0.4, 0.5) is 4.79 Å². The van der Waals surface area contributed by atoms with Gasteiger partial charge in [0.05, 0.1) is 12.1 Å². The Balaban J connectivity index is 1.53. The summed E-state index contributed by atoms with van der Waals surface area (Å²) in [7, 11) is 0. The van der Waals surface area contributed by atoms with E-state index in [-0.39, 0.29) is 18.1 Å². The number of hydrogen-bond donors (Lipinski definition) is 2. The third-order valence-corrected chi connectivity index (χ3v) is 5.47. The van der Waals surface area contributed by atoms with Crippen LogP contribution in [0.15, 0.2) is 17.5 Å². The minimum absolute atomic E-state index is 0.0524. The average molecular weight is 294 g/mol. The summed E-state index contributed by atoms with van der Waals surface area (Å²) in [5.41, 5.74) is 0. The summed E-state index contributed by atoms with van der Waals surface area (Å²) < 4.78 is 5.74. The van der Waals surface area contributed by atoms with Crippen LogP contribution in [0.5, 0.6) is 0 Å². The van der Waals surface area contributed by atoms with Crippen molar-refractivity contribution in [3.63, 3.8) is 0 Å². The van der Waals surface area contributed by atoms with E-state index in [1.807, 2.05) is 18.4 Å². The van der Waals surface area contributed by atoms with Gasteiger partial charge in [0.1, 0.15) is 0 Å². The molecule has 0 spiro atoms. The Morgan fingerprint density at radius 2 is 2.35 bits per heavy atom. The topological polar surface area (TPSA) is 50.4 Å². The van der Waals surface area contributed by atoms with Crippen LogP contribution in [-0.4, -0.2) is 24.8 Å². The molecule has 3 rings (SSSR count). The molecule has 2 aliphatic rings. The van der Waals surface area contributed by atoms with E-state index in [2.05, 4.69) is 16.7 Å². The van der Waals surface area contributed by atoms with E-state index in [1.165, 1.54) is 4.88 Å². The minimum atomic E-state index is -0.0524. The molecule has 1 aliphatic heterocycles. The second-order valence-electron chi connectivity index (χ2n) is 5.75. The molecule has 1 aromatic rings. The molecule has 1 aromatic heterocycles. The van der Waals surface area contributed by atoms with Gasteiger partial charge in [-0.1, -0.05) is 6.07 Å². The lowest BCUT2D eigenvalue weighted by molar-refractivity contribution is 0.0549. The highest BCUT2D eigenvalue weighted by atomic mass is 32.1. The molecule has 0 bridgehead atoms. The SMILES string of the molecule is C[C@H](NC(=O)N[C@@H]1CCC[C@H]2OCC[C@@H]12)c1cccs1. The van der Waals surface area contributed by atoms with Crippen LogP contribution in [0.25, 0.3) is 0 Å². The quantitative estimate of drug-likeness (QED) is 0.900. The predicted molar refractivity (Wildman–Crippen MR) is 79.9 cm³/mol. The standard InChI is InChI=1S/C15H22N2O2S/c1-10(14-6-3-9-20-14)16-15(18)17-12-4-2-5-13-11(12)7-8-19-13/h3,6,9-13H,2,4-5,7-8H2,1H3,(H2,16,17,18)/t10-,11-,12+,13+/m0/s1. The van der Waals surface area contributed by atoms with Gasteiger partial charge in [0.15, 0.2) is 0 Å². The fraction of sp³-hybridized carbons (Fsp3) is 0.667. The number of hydrogen-bond acceptors (Lipinski definition) is 3. The lowest BCUT2D eigenvalue weighted by Crippen LogP contribution is -2.49. The molecule has 20 heavy (non-hydrogen) atoms. The highest BCUT2D eigenvalue weighted by Gasteiger charge is 2.38. The van der Waals surface area contributed by atoms with Crippen LogP contribution in [-0.2, 0) is 4.74 Å². The number of carbonyl (C=O) groups excluding carboxylic acids is 1. The Morgan fingerprint density at radius 1 is 1.45 bits per heavy atom. The normalized spacial score (nSPS) is 30.6. The zero-order valence-electron chi connectivity index (χ0n) is 11.8. The Morgan fingerprint density at radius 3 is 3.15 bits per heavy atom. The summed E-state index contributed by atoms with van der Waals surface area (Å²) in [6.07, 6.45) is 4.81. The monoisotopic (exact) mass is 294 g/mol. The lowest BCUT2D eigenvalue weighted by Gasteiger charge is -2.33. The highest BCUT2D eigenvalue weighted by molar-refractivity contribution is 7.10. The van der Waals surface area contributed by atoms with Crippen molar-refractivity contribution in [3.8, 4) is 0 Å². The fourth-order valence-electron chi connectivity index (χ4n) is 3.37. The van der Waals surface area contributed by atoms with Crippen molar-refractivity contribution in [1.29, 1.82) is 0 Å². The Hall–Kier alpha value is -1.07. The van der Waals surface area contributed by atoms with E-state index in [9.17, 15) is 4.79 Å². The molecule has 2 amide bonds. The van der Waals surface area contributed by atoms with Crippen LogP contribution in [0.3, 0.4) is 0 Å². The largest absolute Gasteiger partial charge is 0.378 e. The summed E-state index contributed by atoms with van der Waals surface area (Å²) in [6.45, 7) is 2.87. The molecule has 4 nitrogen and oxygen atoms in total. The third kappa shape index (κ3) is 2.99. The molecule has 1 saturated heterocycles. The number of carbonyl (C=O) groups is 1. The van der Waals surface area contributed by atoms with E-state index in [1.54, 1.807) is 11.3 Å². The number of urea groups is 1. The van der Waals surface area contributed by atoms with Gasteiger partial charge in [-0.15, -0.1) is 11.3 Å². The van der Waals surface area contributed by atoms with E-state index in [4.69, 9.17) is 4.74 Å². The number of rotatable bonds is 3. The third-order valence-electron chi connectivity index (χ3n) is 4.42. The summed E-state index contributed by atoms with van der Waals surface area (Å²) in [4.78, 5) is 13.3. The molecule has 1 saturated carbocycles. The Kier molecular flexibility index (Phi) is 4.27. The van der Waals surface area contributed by atoms with Crippen LogP contribution in [0, 0.1) is 5.92 Å². The molecule has 0 unspecified atom stereocenters. The molecular weight excluding hydrogens is 272 g/mol.